The van der Waals surface area contributed by atoms with Crippen LogP contribution in [0.2, 0.25) is 0 Å². The van der Waals surface area contributed by atoms with Crippen LogP contribution in [-0.4, -0.2) is 45.2 Å². The standard InChI is InChI=1S/C16H21NO3S/c1-11-12(2)21(19)10-8-17(11)16(18)14-7-9-20-15-6-4-3-5-13(14)15/h3-6,11-12,14H,7-10H2,1-2H3/t11-,12+,14+,21+/m1/s1. The minimum atomic E-state index is -0.821. The third kappa shape index (κ3) is 2.59. The van der Waals surface area contributed by atoms with Crippen molar-refractivity contribution < 1.29 is 13.7 Å². The molecule has 21 heavy (non-hydrogen) atoms. The maximum Gasteiger partial charge on any atom is 0.230 e. The number of fused-ring (bicyclic) bond motifs is 1. The normalized spacial score (nSPS) is 32.2. The molecule has 1 aromatic carbocycles. The van der Waals surface area contributed by atoms with E-state index in [0.29, 0.717) is 18.9 Å². The maximum atomic E-state index is 12.9. The summed E-state index contributed by atoms with van der Waals surface area (Å²) in [7, 11) is -0.821. The van der Waals surface area contributed by atoms with Gasteiger partial charge in [0.1, 0.15) is 5.75 Å². The molecule has 4 nitrogen and oxygen atoms in total. The van der Waals surface area contributed by atoms with E-state index in [4.69, 9.17) is 4.74 Å². The molecule has 1 fully saturated rings. The molecule has 1 aromatic rings. The van der Waals surface area contributed by atoms with Crippen molar-refractivity contribution in [2.45, 2.75) is 37.5 Å². The molecule has 0 N–H and O–H groups in total. The summed E-state index contributed by atoms with van der Waals surface area (Å²) in [6.07, 6.45) is 0.719. The van der Waals surface area contributed by atoms with Crippen LogP contribution in [0.1, 0.15) is 31.7 Å². The molecule has 1 amide bonds. The summed E-state index contributed by atoms with van der Waals surface area (Å²) < 4.78 is 17.5. The van der Waals surface area contributed by atoms with Gasteiger partial charge in [-0.1, -0.05) is 18.2 Å². The summed E-state index contributed by atoms with van der Waals surface area (Å²) in [5, 5.41) is 0.0396. The Labute approximate surface area is 127 Å². The van der Waals surface area contributed by atoms with Crippen LogP contribution in [0.3, 0.4) is 0 Å². The number of carbonyl (C=O) groups is 1. The summed E-state index contributed by atoms with van der Waals surface area (Å²) in [5.41, 5.74) is 0.986. The molecule has 0 radical (unpaired) electrons. The first kappa shape index (κ1) is 14.6. The Morgan fingerprint density at radius 2 is 2.10 bits per heavy atom. The molecule has 2 aliphatic rings. The highest BCUT2D eigenvalue weighted by Crippen LogP contribution is 2.35. The quantitative estimate of drug-likeness (QED) is 0.796. The molecule has 1 saturated heterocycles. The molecule has 4 atom stereocenters. The lowest BCUT2D eigenvalue weighted by Gasteiger charge is -2.40. The topological polar surface area (TPSA) is 46.6 Å². The highest BCUT2D eigenvalue weighted by atomic mass is 32.2. The fraction of sp³-hybridized carbons (Fsp3) is 0.562. The molecule has 3 rings (SSSR count). The van der Waals surface area contributed by atoms with E-state index in [1.54, 1.807) is 0 Å². The monoisotopic (exact) mass is 307 g/mol. The summed E-state index contributed by atoms with van der Waals surface area (Å²) in [4.78, 5) is 14.9. The Hall–Kier alpha value is -1.36. The highest BCUT2D eigenvalue weighted by Gasteiger charge is 2.37. The van der Waals surface area contributed by atoms with Crippen LogP contribution in [0.4, 0.5) is 0 Å². The minimum absolute atomic E-state index is 0.0297. The molecule has 114 valence electrons. The molecular weight excluding hydrogens is 286 g/mol. The third-order valence-corrected chi connectivity index (χ3v) is 6.47. The zero-order valence-electron chi connectivity index (χ0n) is 12.5. The van der Waals surface area contributed by atoms with Gasteiger partial charge in [0.2, 0.25) is 5.91 Å². The average molecular weight is 307 g/mol. The van der Waals surface area contributed by atoms with Crippen molar-refractivity contribution in [2.24, 2.45) is 0 Å². The Bertz CT molecular complexity index is 574. The zero-order valence-corrected chi connectivity index (χ0v) is 13.3. The van der Waals surface area contributed by atoms with Gasteiger partial charge in [0.25, 0.3) is 0 Å². The van der Waals surface area contributed by atoms with Gasteiger partial charge in [-0.2, -0.15) is 0 Å². The number of rotatable bonds is 1. The average Bonchev–Trinajstić information content (AvgIpc) is 2.51. The largest absolute Gasteiger partial charge is 0.493 e. The van der Waals surface area contributed by atoms with Crippen LogP contribution in [0.15, 0.2) is 24.3 Å². The van der Waals surface area contributed by atoms with E-state index in [-0.39, 0.29) is 23.1 Å². The Balaban J connectivity index is 1.85. The maximum absolute atomic E-state index is 12.9. The van der Waals surface area contributed by atoms with Crippen LogP contribution >= 0.6 is 0 Å². The summed E-state index contributed by atoms with van der Waals surface area (Å²) >= 11 is 0. The number of nitrogens with zero attached hydrogens (tertiary/aromatic N) is 1. The lowest BCUT2D eigenvalue weighted by Crippen LogP contribution is -2.53. The van der Waals surface area contributed by atoms with Gasteiger partial charge in [-0.25, -0.2) is 0 Å². The van der Waals surface area contributed by atoms with Crippen molar-refractivity contribution in [3.63, 3.8) is 0 Å². The third-order valence-electron chi connectivity index (χ3n) is 4.66. The Morgan fingerprint density at radius 3 is 2.90 bits per heavy atom. The minimum Gasteiger partial charge on any atom is -0.493 e. The Morgan fingerprint density at radius 1 is 1.33 bits per heavy atom. The van der Waals surface area contributed by atoms with Gasteiger partial charge in [-0.15, -0.1) is 0 Å². The van der Waals surface area contributed by atoms with Crippen molar-refractivity contribution in [3.05, 3.63) is 29.8 Å². The lowest BCUT2D eigenvalue weighted by molar-refractivity contribution is -0.135. The van der Waals surface area contributed by atoms with Crippen molar-refractivity contribution >= 4 is 16.7 Å². The van der Waals surface area contributed by atoms with E-state index in [1.165, 1.54) is 0 Å². The summed E-state index contributed by atoms with van der Waals surface area (Å²) in [6, 6.07) is 7.81. The predicted octanol–water partition coefficient (Wildman–Crippen LogP) is 1.92. The first-order valence-corrected chi connectivity index (χ1v) is 8.87. The van der Waals surface area contributed by atoms with E-state index in [2.05, 4.69) is 0 Å². The van der Waals surface area contributed by atoms with Crippen molar-refractivity contribution in [2.75, 3.05) is 18.9 Å². The van der Waals surface area contributed by atoms with E-state index in [9.17, 15) is 9.00 Å². The van der Waals surface area contributed by atoms with Gasteiger partial charge in [0, 0.05) is 34.7 Å². The first-order valence-electron chi connectivity index (χ1n) is 7.49. The van der Waals surface area contributed by atoms with E-state index in [0.717, 1.165) is 17.7 Å². The van der Waals surface area contributed by atoms with E-state index < -0.39 is 10.8 Å². The predicted molar refractivity (Wildman–Crippen MR) is 82.9 cm³/mol. The SMILES string of the molecule is C[C@@H]1[C@H](C)[S@@](=O)CCN1C(=O)[C@H]1CCOc2ccccc21. The lowest BCUT2D eigenvalue weighted by atomic mass is 9.91. The van der Waals surface area contributed by atoms with Crippen molar-refractivity contribution in [1.29, 1.82) is 0 Å². The van der Waals surface area contributed by atoms with Gasteiger partial charge in [-0.05, 0) is 26.3 Å². The number of ether oxygens (including phenoxy) is 1. The molecule has 0 bridgehead atoms. The molecule has 0 aliphatic carbocycles. The van der Waals surface area contributed by atoms with Crippen LogP contribution in [0, 0.1) is 0 Å². The first-order chi connectivity index (χ1) is 10.1. The fourth-order valence-electron chi connectivity index (χ4n) is 3.16. The molecule has 0 aromatic heterocycles. The number of hydrogen-bond donors (Lipinski definition) is 0. The van der Waals surface area contributed by atoms with Gasteiger partial charge >= 0.3 is 0 Å². The number of benzene rings is 1. The van der Waals surface area contributed by atoms with Crippen LogP contribution in [-0.2, 0) is 15.6 Å². The van der Waals surface area contributed by atoms with Crippen molar-refractivity contribution in [3.8, 4) is 5.75 Å². The Kier molecular flexibility index (Phi) is 4.02. The van der Waals surface area contributed by atoms with Crippen molar-refractivity contribution in [1.82, 2.24) is 4.90 Å². The molecule has 0 saturated carbocycles. The molecule has 2 heterocycles. The number of carbonyl (C=O) groups excluding carboxylic acids is 1. The molecule has 0 unspecified atom stereocenters. The fourth-order valence-corrected chi connectivity index (χ4v) is 4.50. The second-order valence-electron chi connectivity index (χ2n) is 5.79. The zero-order chi connectivity index (χ0) is 15.0. The van der Waals surface area contributed by atoms with Crippen LogP contribution in [0.5, 0.6) is 5.75 Å². The number of amides is 1. The van der Waals surface area contributed by atoms with Gasteiger partial charge in [-0.3, -0.25) is 9.00 Å². The highest BCUT2D eigenvalue weighted by molar-refractivity contribution is 7.85. The summed E-state index contributed by atoms with van der Waals surface area (Å²) in [6.45, 7) is 5.15. The number of hydrogen-bond acceptors (Lipinski definition) is 3. The van der Waals surface area contributed by atoms with Crippen LogP contribution < -0.4 is 4.74 Å². The van der Waals surface area contributed by atoms with E-state index >= 15 is 0 Å². The molecular formula is C16H21NO3S. The van der Waals surface area contributed by atoms with Gasteiger partial charge < -0.3 is 9.64 Å². The smallest absolute Gasteiger partial charge is 0.230 e. The molecule has 2 aliphatic heterocycles. The van der Waals surface area contributed by atoms with Gasteiger partial charge in [0.05, 0.1) is 17.8 Å². The second-order valence-corrected chi connectivity index (χ2v) is 7.70. The van der Waals surface area contributed by atoms with Gasteiger partial charge in [0.15, 0.2) is 0 Å². The summed E-state index contributed by atoms with van der Waals surface area (Å²) in [5.74, 6) is 1.43. The number of para-hydroxylation sites is 1. The van der Waals surface area contributed by atoms with Crippen LogP contribution in [0.25, 0.3) is 0 Å². The molecule has 0 spiro atoms. The second kappa shape index (κ2) is 5.79. The molecule has 5 heteroatoms. The van der Waals surface area contributed by atoms with E-state index in [1.807, 2.05) is 43.0 Å².